The zero-order valence-corrected chi connectivity index (χ0v) is 15.3. The molecule has 0 fully saturated rings. The molecular weight excluding hydrogens is 350 g/mol. The van der Waals surface area contributed by atoms with Crippen LogP contribution in [0, 0.1) is 0 Å². The molecule has 0 saturated heterocycles. The molecule has 2 aromatic rings. The third-order valence-corrected chi connectivity index (χ3v) is 6.39. The molecule has 2 rings (SSSR count). The van der Waals surface area contributed by atoms with Crippen LogP contribution in [-0.4, -0.2) is 41.6 Å². The van der Waals surface area contributed by atoms with Gasteiger partial charge in [-0.25, -0.2) is 16.8 Å². The molecular formula is C16H19NO5S2. The minimum atomic E-state index is -3.81. The first-order chi connectivity index (χ1) is 11.1. The number of rotatable bonds is 6. The van der Waals surface area contributed by atoms with Gasteiger partial charge in [0, 0.05) is 19.8 Å². The molecule has 130 valence electrons. The molecule has 0 amide bonds. The molecule has 0 aliphatic heterocycles. The van der Waals surface area contributed by atoms with Crippen molar-refractivity contribution in [2.24, 2.45) is 0 Å². The zero-order valence-electron chi connectivity index (χ0n) is 13.6. The fourth-order valence-electron chi connectivity index (χ4n) is 2.16. The van der Waals surface area contributed by atoms with E-state index in [1.54, 1.807) is 24.3 Å². The van der Waals surface area contributed by atoms with Crippen LogP contribution in [0.25, 0.3) is 0 Å². The Kier molecular flexibility index (Phi) is 5.32. The Balaban J connectivity index is 2.32. The summed E-state index contributed by atoms with van der Waals surface area (Å²) in [5.41, 5.74) is 0.764. The summed E-state index contributed by atoms with van der Waals surface area (Å²) in [4.78, 5) is -0.0887. The first-order valence-corrected chi connectivity index (χ1v) is 10.4. The molecule has 0 N–H and O–H groups in total. The summed E-state index contributed by atoms with van der Waals surface area (Å²) in [5, 5.41) is 0. The van der Waals surface area contributed by atoms with E-state index in [-0.39, 0.29) is 16.3 Å². The van der Waals surface area contributed by atoms with E-state index < -0.39 is 19.9 Å². The Hall–Kier alpha value is -1.90. The van der Waals surface area contributed by atoms with Gasteiger partial charge in [-0.2, -0.15) is 4.31 Å². The first kappa shape index (κ1) is 18.4. The molecule has 0 radical (unpaired) electrons. The van der Waals surface area contributed by atoms with Gasteiger partial charge in [-0.15, -0.1) is 0 Å². The molecule has 0 aromatic heterocycles. The SMILES string of the molecule is COc1cccc(CN(C)S(=O)(=O)c2cccc(S(C)(=O)=O)c2)c1. The van der Waals surface area contributed by atoms with Crippen molar-refractivity contribution >= 4 is 19.9 Å². The maximum absolute atomic E-state index is 12.7. The number of hydrogen-bond donors (Lipinski definition) is 0. The lowest BCUT2D eigenvalue weighted by Gasteiger charge is -2.18. The van der Waals surface area contributed by atoms with Crippen molar-refractivity contribution in [2.75, 3.05) is 20.4 Å². The molecule has 0 heterocycles. The highest BCUT2D eigenvalue weighted by atomic mass is 32.2. The van der Waals surface area contributed by atoms with Crippen LogP contribution >= 0.6 is 0 Å². The van der Waals surface area contributed by atoms with E-state index in [4.69, 9.17) is 4.74 Å². The Morgan fingerprint density at radius 3 is 2.21 bits per heavy atom. The highest BCUT2D eigenvalue weighted by molar-refractivity contribution is 7.91. The summed E-state index contributed by atoms with van der Waals surface area (Å²) < 4.78 is 54.9. The molecule has 8 heteroatoms. The van der Waals surface area contributed by atoms with Crippen LogP contribution in [0.5, 0.6) is 5.75 Å². The van der Waals surface area contributed by atoms with Gasteiger partial charge in [-0.1, -0.05) is 18.2 Å². The maximum atomic E-state index is 12.7. The molecule has 24 heavy (non-hydrogen) atoms. The highest BCUT2D eigenvalue weighted by Gasteiger charge is 2.22. The molecule has 0 saturated carbocycles. The average Bonchev–Trinajstić information content (AvgIpc) is 2.54. The lowest BCUT2D eigenvalue weighted by Crippen LogP contribution is -2.26. The smallest absolute Gasteiger partial charge is 0.243 e. The standard InChI is InChI=1S/C16H19NO5S2/c1-17(12-13-6-4-7-14(10-13)22-2)24(20,21)16-9-5-8-15(11-16)23(3,18)19/h4-11H,12H2,1-3H3. The molecule has 0 unspecified atom stereocenters. The Morgan fingerprint density at radius 2 is 1.58 bits per heavy atom. The van der Waals surface area contributed by atoms with Gasteiger partial charge in [0.15, 0.2) is 9.84 Å². The van der Waals surface area contributed by atoms with Gasteiger partial charge < -0.3 is 4.74 Å². The third-order valence-electron chi connectivity index (χ3n) is 3.48. The number of methoxy groups -OCH3 is 1. The third kappa shape index (κ3) is 4.14. The molecule has 0 aliphatic carbocycles. The fourth-order valence-corrected chi connectivity index (χ4v) is 4.10. The van der Waals surface area contributed by atoms with Gasteiger partial charge in [-0.05, 0) is 35.9 Å². The van der Waals surface area contributed by atoms with Crippen molar-refractivity contribution in [3.8, 4) is 5.75 Å². The van der Waals surface area contributed by atoms with Gasteiger partial charge in [-0.3, -0.25) is 0 Å². The monoisotopic (exact) mass is 369 g/mol. The maximum Gasteiger partial charge on any atom is 0.243 e. The van der Waals surface area contributed by atoms with E-state index in [1.165, 1.54) is 42.7 Å². The quantitative estimate of drug-likeness (QED) is 0.777. The normalized spacial score (nSPS) is 12.3. The molecule has 0 spiro atoms. The molecule has 0 atom stereocenters. The minimum absolute atomic E-state index is 0.0293. The van der Waals surface area contributed by atoms with E-state index >= 15 is 0 Å². The molecule has 0 aliphatic rings. The van der Waals surface area contributed by atoms with Crippen molar-refractivity contribution in [1.82, 2.24) is 4.31 Å². The number of ether oxygens (including phenoxy) is 1. The number of benzene rings is 2. The number of nitrogens with zero attached hydrogens (tertiary/aromatic N) is 1. The summed E-state index contributed by atoms with van der Waals surface area (Å²) in [6.45, 7) is 0.142. The largest absolute Gasteiger partial charge is 0.497 e. The van der Waals surface area contributed by atoms with E-state index in [0.29, 0.717) is 5.75 Å². The second-order valence-electron chi connectivity index (χ2n) is 5.36. The summed E-state index contributed by atoms with van der Waals surface area (Å²) in [6, 6.07) is 12.4. The van der Waals surface area contributed by atoms with Crippen LogP contribution in [0.1, 0.15) is 5.56 Å². The molecule has 6 nitrogen and oxygen atoms in total. The van der Waals surface area contributed by atoms with Crippen LogP contribution in [-0.2, 0) is 26.4 Å². The van der Waals surface area contributed by atoms with Gasteiger partial charge >= 0.3 is 0 Å². The predicted octanol–water partition coefficient (Wildman–Crippen LogP) is 1.92. The van der Waals surface area contributed by atoms with E-state index in [0.717, 1.165) is 11.8 Å². The van der Waals surface area contributed by atoms with Gasteiger partial charge in [0.25, 0.3) is 0 Å². The van der Waals surface area contributed by atoms with E-state index in [1.807, 2.05) is 0 Å². The Labute approximate surface area is 142 Å². The molecule has 0 bridgehead atoms. The lowest BCUT2D eigenvalue weighted by atomic mass is 10.2. The van der Waals surface area contributed by atoms with Crippen LogP contribution in [0.4, 0.5) is 0 Å². The number of hydrogen-bond acceptors (Lipinski definition) is 5. The van der Waals surface area contributed by atoms with Gasteiger partial charge in [0.1, 0.15) is 5.75 Å². The van der Waals surface area contributed by atoms with Gasteiger partial charge in [0.2, 0.25) is 10.0 Å². The van der Waals surface area contributed by atoms with Crippen LogP contribution < -0.4 is 4.74 Å². The molecule has 2 aromatic carbocycles. The second kappa shape index (κ2) is 6.92. The van der Waals surface area contributed by atoms with Gasteiger partial charge in [0.05, 0.1) is 16.9 Å². The minimum Gasteiger partial charge on any atom is -0.497 e. The van der Waals surface area contributed by atoms with Crippen molar-refractivity contribution in [3.63, 3.8) is 0 Å². The highest BCUT2D eigenvalue weighted by Crippen LogP contribution is 2.21. The number of sulfone groups is 1. The van der Waals surface area contributed by atoms with Crippen LogP contribution in [0.15, 0.2) is 58.3 Å². The van der Waals surface area contributed by atoms with E-state index in [2.05, 4.69) is 0 Å². The van der Waals surface area contributed by atoms with E-state index in [9.17, 15) is 16.8 Å². The Bertz CT molecular complexity index is 936. The van der Waals surface area contributed by atoms with Crippen LogP contribution in [0.2, 0.25) is 0 Å². The van der Waals surface area contributed by atoms with Crippen molar-refractivity contribution in [2.45, 2.75) is 16.3 Å². The summed E-state index contributed by atoms with van der Waals surface area (Å²) in [6.07, 6.45) is 1.04. The average molecular weight is 369 g/mol. The second-order valence-corrected chi connectivity index (χ2v) is 9.42. The van der Waals surface area contributed by atoms with Crippen LogP contribution in [0.3, 0.4) is 0 Å². The topological polar surface area (TPSA) is 80.8 Å². The summed E-state index contributed by atoms with van der Waals surface area (Å²) >= 11 is 0. The number of sulfonamides is 1. The summed E-state index contributed by atoms with van der Waals surface area (Å²) in [7, 11) is -4.31. The predicted molar refractivity (Wildman–Crippen MR) is 91.2 cm³/mol. The Morgan fingerprint density at radius 1 is 0.958 bits per heavy atom. The summed E-state index contributed by atoms with van der Waals surface area (Å²) in [5.74, 6) is 0.636. The first-order valence-electron chi connectivity index (χ1n) is 7.04. The van der Waals surface area contributed by atoms with Crippen molar-refractivity contribution in [1.29, 1.82) is 0 Å². The van der Waals surface area contributed by atoms with Crippen molar-refractivity contribution in [3.05, 3.63) is 54.1 Å². The lowest BCUT2D eigenvalue weighted by molar-refractivity contribution is 0.412. The zero-order chi connectivity index (χ0) is 18.0. The van der Waals surface area contributed by atoms with Crippen molar-refractivity contribution < 1.29 is 21.6 Å². The fraction of sp³-hybridized carbons (Fsp3) is 0.250.